The number of hydrogen-bond acceptors (Lipinski definition) is 3. The predicted octanol–water partition coefficient (Wildman–Crippen LogP) is 3.83. The first-order valence-corrected chi connectivity index (χ1v) is 9.27. The van der Waals surface area contributed by atoms with Gasteiger partial charge in [-0.2, -0.15) is 5.10 Å². The topological polar surface area (TPSA) is 24.3 Å². The lowest BCUT2D eigenvalue weighted by molar-refractivity contribution is 0.0485. The number of aromatic nitrogens is 2. The normalized spacial score (nSPS) is 21.4. The lowest BCUT2D eigenvalue weighted by Crippen LogP contribution is -2.54. The van der Waals surface area contributed by atoms with E-state index in [1.54, 1.807) is 0 Å². The van der Waals surface area contributed by atoms with E-state index in [0.717, 1.165) is 12.6 Å². The number of piperazine rings is 1. The van der Waals surface area contributed by atoms with Gasteiger partial charge in [-0.3, -0.25) is 9.58 Å². The summed E-state index contributed by atoms with van der Waals surface area (Å²) >= 11 is 0. The van der Waals surface area contributed by atoms with Gasteiger partial charge in [0.25, 0.3) is 0 Å². The quantitative estimate of drug-likeness (QED) is 0.732. The molecule has 2 fully saturated rings. The number of nitrogens with zero attached hydrogens (tertiary/aromatic N) is 4. The van der Waals surface area contributed by atoms with Crippen molar-refractivity contribution in [1.29, 1.82) is 0 Å². The van der Waals surface area contributed by atoms with Gasteiger partial charge < -0.3 is 4.90 Å². The minimum Gasteiger partial charge on any atom is -0.301 e. The average molecular weight is 385 g/mol. The molecule has 3 heterocycles. The smallest absolute Gasteiger partial charge is 0.0682 e. The zero-order valence-corrected chi connectivity index (χ0v) is 16.5. The molecule has 2 aliphatic rings. The van der Waals surface area contributed by atoms with Crippen LogP contribution in [0.25, 0.3) is 10.9 Å². The lowest BCUT2D eigenvalue weighted by Gasteiger charge is -2.44. The molecule has 1 aromatic carbocycles. The number of para-hydroxylation sites is 1. The van der Waals surface area contributed by atoms with Crippen LogP contribution >= 0.6 is 24.8 Å². The summed E-state index contributed by atoms with van der Waals surface area (Å²) in [5.74, 6) is 0. The third-order valence-electron chi connectivity index (χ3n) is 5.57. The first kappa shape index (κ1) is 20.5. The van der Waals surface area contributed by atoms with E-state index in [9.17, 15) is 0 Å². The van der Waals surface area contributed by atoms with Gasteiger partial charge >= 0.3 is 0 Å². The summed E-state index contributed by atoms with van der Waals surface area (Å²) < 4.78 is 2.16. The molecule has 0 radical (unpaired) electrons. The molecule has 1 aromatic heterocycles. The second kappa shape index (κ2) is 9.77. The Hall–Kier alpha value is -0.810. The van der Waals surface area contributed by atoms with Crippen molar-refractivity contribution in [1.82, 2.24) is 19.6 Å². The maximum Gasteiger partial charge on any atom is 0.0682 e. The van der Waals surface area contributed by atoms with E-state index in [1.807, 2.05) is 6.20 Å². The van der Waals surface area contributed by atoms with Gasteiger partial charge in [-0.15, -0.1) is 24.8 Å². The molecule has 2 aromatic rings. The molecule has 0 bridgehead atoms. The van der Waals surface area contributed by atoms with Gasteiger partial charge in [0.15, 0.2) is 0 Å². The van der Waals surface area contributed by atoms with Crippen molar-refractivity contribution in [3.8, 4) is 0 Å². The van der Waals surface area contributed by atoms with Crippen LogP contribution in [0.1, 0.15) is 32.1 Å². The van der Waals surface area contributed by atoms with E-state index in [1.165, 1.54) is 75.7 Å². The van der Waals surface area contributed by atoms with Crippen LogP contribution in [0.2, 0.25) is 0 Å². The van der Waals surface area contributed by atoms with Crippen LogP contribution in [-0.4, -0.2) is 58.3 Å². The molecule has 4 rings (SSSR count). The number of aryl methyl sites for hydroxylation is 1. The third-order valence-corrected chi connectivity index (χ3v) is 5.57. The van der Waals surface area contributed by atoms with Gasteiger partial charge in [-0.25, -0.2) is 0 Å². The molecule has 6 heteroatoms. The molecule has 25 heavy (non-hydrogen) atoms. The Bertz CT molecular complexity index is 645. The van der Waals surface area contributed by atoms with E-state index < -0.39 is 0 Å². The standard InChI is InChI=1S/C19H28N4.2ClH/c1-2-9-19-17(7-1)15-20-23(19)12-6-5-10-21-13-14-22-11-4-3-8-18(22)16-21;;/h1-2,7,9,15,18H,3-6,8,10-14,16H2;2*1H. The molecular formula is C19H30Cl2N4. The highest BCUT2D eigenvalue weighted by atomic mass is 35.5. The van der Waals surface area contributed by atoms with Gasteiger partial charge in [0.1, 0.15) is 0 Å². The summed E-state index contributed by atoms with van der Waals surface area (Å²) in [6.07, 6.45) is 8.74. The fraction of sp³-hybridized carbons (Fsp3) is 0.632. The minimum absolute atomic E-state index is 0. The van der Waals surface area contributed by atoms with Gasteiger partial charge in [0.05, 0.1) is 11.7 Å². The summed E-state index contributed by atoms with van der Waals surface area (Å²) in [4.78, 5) is 5.41. The highest BCUT2D eigenvalue weighted by Gasteiger charge is 2.28. The average Bonchev–Trinajstić information content (AvgIpc) is 3.02. The second-order valence-electron chi connectivity index (χ2n) is 7.12. The van der Waals surface area contributed by atoms with Gasteiger partial charge in [0, 0.05) is 37.6 Å². The van der Waals surface area contributed by atoms with E-state index in [0.29, 0.717) is 0 Å². The Kier molecular flexibility index (Phi) is 8.01. The van der Waals surface area contributed by atoms with Crippen molar-refractivity contribution in [3.63, 3.8) is 0 Å². The van der Waals surface area contributed by atoms with Gasteiger partial charge in [-0.1, -0.05) is 24.6 Å². The molecule has 140 valence electrons. The number of halogens is 2. The zero-order valence-electron chi connectivity index (χ0n) is 14.8. The lowest BCUT2D eigenvalue weighted by atomic mass is 9.99. The fourth-order valence-electron chi connectivity index (χ4n) is 4.22. The molecule has 0 aliphatic carbocycles. The minimum atomic E-state index is 0. The Morgan fingerprint density at radius 3 is 2.72 bits per heavy atom. The summed E-state index contributed by atoms with van der Waals surface area (Å²) in [6, 6.07) is 9.34. The SMILES string of the molecule is Cl.Cl.c1ccc2c(c1)cnn2CCCCN1CCN2CCCCC2C1. The van der Waals surface area contributed by atoms with E-state index in [4.69, 9.17) is 0 Å². The number of rotatable bonds is 5. The zero-order chi connectivity index (χ0) is 15.5. The van der Waals surface area contributed by atoms with Crippen LogP contribution in [0.5, 0.6) is 0 Å². The van der Waals surface area contributed by atoms with Crippen LogP contribution in [-0.2, 0) is 6.54 Å². The summed E-state index contributed by atoms with van der Waals surface area (Å²) in [7, 11) is 0. The van der Waals surface area contributed by atoms with Crippen molar-refractivity contribution in [2.75, 3.05) is 32.7 Å². The molecule has 0 spiro atoms. The largest absolute Gasteiger partial charge is 0.301 e. The van der Waals surface area contributed by atoms with Crippen molar-refractivity contribution >= 4 is 35.7 Å². The Labute approximate surface area is 163 Å². The van der Waals surface area contributed by atoms with Crippen LogP contribution < -0.4 is 0 Å². The highest BCUT2D eigenvalue weighted by molar-refractivity contribution is 5.85. The van der Waals surface area contributed by atoms with Crippen molar-refractivity contribution in [2.24, 2.45) is 0 Å². The van der Waals surface area contributed by atoms with E-state index in [2.05, 4.69) is 43.8 Å². The van der Waals surface area contributed by atoms with Crippen LogP contribution in [0.4, 0.5) is 0 Å². The van der Waals surface area contributed by atoms with E-state index >= 15 is 0 Å². The number of piperidine rings is 1. The molecular weight excluding hydrogens is 355 g/mol. The van der Waals surface area contributed by atoms with Crippen LogP contribution in [0.15, 0.2) is 30.5 Å². The van der Waals surface area contributed by atoms with E-state index in [-0.39, 0.29) is 24.8 Å². The third kappa shape index (κ3) is 4.88. The first-order chi connectivity index (χ1) is 11.4. The first-order valence-electron chi connectivity index (χ1n) is 9.27. The maximum absolute atomic E-state index is 4.53. The second-order valence-corrected chi connectivity index (χ2v) is 7.12. The Balaban J connectivity index is 0.00000113. The van der Waals surface area contributed by atoms with Crippen molar-refractivity contribution < 1.29 is 0 Å². The molecule has 4 nitrogen and oxygen atoms in total. The molecule has 1 unspecified atom stereocenters. The monoisotopic (exact) mass is 384 g/mol. The Morgan fingerprint density at radius 1 is 0.960 bits per heavy atom. The number of benzene rings is 1. The predicted molar refractivity (Wildman–Crippen MR) is 109 cm³/mol. The summed E-state index contributed by atoms with van der Waals surface area (Å²) in [6.45, 7) is 7.48. The van der Waals surface area contributed by atoms with Crippen molar-refractivity contribution in [3.05, 3.63) is 30.5 Å². The number of fused-ring (bicyclic) bond motifs is 2. The number of hydrogen-bond donors (Lipinski definition) is 0. The molecule has 2 saturated heterocycles. The molecule has 0 saturated carbocycles. The Morgan fingerprint density at radius 2 is 1.80 bits per heavy atom. The van der Waals surface area contributed by atoms with Crippen LogP contribution in [0.3, 0.4) is 0 Å². The summed E-state index contributed by atoms with van der Waals surface area (Å²) in [5, 5.41) is 5.78. The van der Waals surface area contributed by atoms with Gasteiger partial charge in [-0.05, 0) is 44.8 Å². The molecule has 0 amide bonds. The highest BCUT2D eigenvalue weighted by Crippen LogP contribution is 2.21. The fourth-order valence-corrected chi connectivity index (χ4v) is 4.22. The molecule has 2 aliphatic heterocycles. The maximum atomic E-state index is 4.53. The number of unbranched alkanes of at least 4 members (excludes halogenated alkanes) is 1. The molecule has 1 atom stereocenters. The van der Waals surface area contributed by atoms with Crippen molar-refractivity contribution in [2.45, 2.75) is 44.7 Å². The molecule has 0 N–H and O–H groups in total. The van der Waals surface area contributed by atoms with Crippen LogP contribution in [0, 0.1) is 0 Å². The summed E-state index contributed by atoms with van der Waals surface area (Å²) in [5.41, 5.74) is 1.27. The van der Waals surface area contributed by atoms with Gasteiger partial charge in [0.2, 0.25) is 0 Å².